The lowest BCUT2D eigenvalue weighted by Crippen LogP contribution is -2.11. The van der Waals surface area contributed by atoms with E-state index < -0.39 is 5.97 Å². The van der Waals surface area contributed by atoms with Crippen molar-refractivity contribution in [3.05, 3.63) is 83.7 Å². The van der Waals surface area contributed by atoms with E-state index in [4.69, 9.17) is 14.2 Å². The number of nitrogens with zero attached hydrogens (tertiary/aromatic N) is 1. The first-order chi connectivity index (χ1) is 13.2. The summed E-state index contributed by atoms with van der Waals surface area (Å²) < 4.78 is 16.0. The summed E-state index contributed by atoms with van der Waals surface area (Å²) in [4.78, 5) is 16.6. The van der Waals surface area contributed by atoms with Gasteiger partial charge in [-0.2, -0.15) is 0 Å². The molecule has 3 aromatic rings. The predicted octanol–water partition coefficient (Wildman–Crippen LogP) is 4.49. The number of ether oxygens (including phenoxy) is 3. The standard InChI is InChI=1S/C22H19NO4/c1-25-19-4-3-5-20(26-2)21(19)22(24)27-18-10-8-16(9-11-18)6-7-17-12-14-23-15-13-17/h3-15H,1-2H3/b7-6+. The summed E-state index contributed by atoms with van der Waals surface area (Å²) in [5.41, 5.74) is 2.30. The molecule has 2 aromatic carbocycles. The molecular formula is C22H19NO4. The highest BCUT2D eigenvalue weighted by Crippen LogP contribution is 2.29. The average Bonchev–Trinajstić information content (AvgIpc) is 2.73. The molecule has 0 aliphatic carbocycles. The Labute approximate surface area is 157 Å². The van der Waals surface area contributed by atoms with E-state index in [1.165, 1.54) is 14.2 Å². The van der Waals surface area contributed by atoms with Crippen molar-refractivity contribution >= 4 is 18.1 Å². The molecule has 0 bridgehead atoms. The molecule has 0 aliphatic heterocycles. The molecule has 1 aromatic heterocycles. The van der Waals surface area contributed by atoms with Crippen LogP contribution in [-0.4, -0.2) is 25.2 Å². The molecule has 0 aliphatic rings. The van der Waals surface area contributed by atoms with Crippen LogP contribution in [0.5, 0.6) is 17.2 Å². The van der Waals surface area contributed by atoms with E-state index in [1.807, 2.05) is 36.4 Å². The van der Waals surface area contributed by atoms with Crippen LogP contribution >= 0.6 is 0 Å². The lowest BCUT2D eigenvalue weighted by Gasteiger charge is -2.12. The third kappa shape index (κ3) is 4.52. The van der Waals surface area contributed by atoms with Crippen molar-refractivity contribution in [2.24, 2.45) is 0 Å². The summed E-state index contributed by atoms with van der Waals surface area (Å²) in [6.45, 7) is 0. The second-order valence-corrected chi connectivity index (χ2v) is 5.61. The van der Waals surface area contributed by atoms with Gasteiger partial charge in [0.2, 0.25) is 0 Å². The van der Waals surface area contributed by atoms with Crippen molar-refractivity contribution < 1.29 is 19.0 Å². The van der Waals surface area contributed by atoms with E-state index >= 15 is 0 Å². The van der Waals surface area contributed by atoms with Crippen LogP contribution in [0.4, 0.5) is 0 Å². The monoisotopic (exact) mass is 361 g/mol. The number of methoxy groups -OCH3 is 2. The van der Waals surface area contributed by atoms with Gasteiger partial charge in [0, 0.05) is 12.4 Å². The van der Waals surface area contributed by atoms with Crippen LogP contribution in [0.15, 0.2) is 67.0 Å². The highest BCUT2D eigenvalue weighted by molar-refractivity contribution is 5.97. The molecule has 0 N–H and O–H groups in total. The summed E-state index contributed by atoms with van der Waals surface area (Å²) in [5.74, 6) is 0.700. The third-order valence-electron chi connectivity index (χ3n) is 3.90. The van der Waals surface area contributed by atoms with Gasteiger partial charge in [0.1, 0.15) is 22.8 Å². The quantitative estimate of drug-likeness (QED) is 0.478. The Morgan fingerprint density at radius 2 is 1.37 bits per heavy atom. The van der Waals surface area contributed by atoms with Gasteiger partial charge in [-0.15, -0.1) is 0 Å². The van der Waals surface area contributed by atoms with Crippen molar-refractivity contribution in [3.8, 4) is 17.2 Å². The van der Waals surface area contributed by atoms with Crippen LogP contribution in [0.25, 0.3) is 12.2 Å². The summed E-state index contributed by atoms with van der Waals surface area (Å²) in [6.07, 6.45) is 7.45. The summed E-state index contributed by atoms with van der Waals surface area (Å²) in [5, 5.41) is 0. The summed E-state index contributed by atoms with van der Waals surface area (Å²) >= 11 is 0. The van der Waals surface area contributed by atoms with Gasteiger partial charge in [-0.25, -0.2) is 4.79 Å². The lowest BCUT2D eigenvalue weighted by atomic mass is 10.1. The first kappa shape index (κ1) is 18.2. The van der Waals surface area contributed by atoms with Crippen molar-refractivity contribution in [1.82, 2.24) is 4.98 Å². The zero-order chi connectivity index (χ0) is 19.1. The summed E-state index contributed by atoms with van der Waals surface area (Å²) in [7, 11) is 2.99. The van der Waals surface area contributed by atoms with E-state index in [1.54, 1.807) is 42.7 Å². The van der Waals surface area contributed by atoms with E-state index in [0.29, 0.717) is 17.2 Å². The van der Waals surface area contributed by atoms with E-state index in [0.717, 1.165) is 11.1 Å². The van der Waals surface area contributed by atoms with Gasteiger partial charge in [-0.1, -0.05) is 30.4 Å². The van der Waals surface area contributed by atoms with Crippen LogP contribution < -0.4 is 14.2 Å². The molecule has 0 amide bonds. The van der Waals surface area contributed by atoms with E-state index in [-0.39, 0.29) is 5.56 Å². The first-order valence-corrected chi connectivity index (χ1v) is 8.32. The van der Waals surface area contributed by atoms with Crippen molar-refractivity contribution in [2.75, 3.05) is 14.2 Å². The Kier molecular flexibility index (Phi) is 5.84. The number of aromatic nitrogens is 1. The van der Waals surface area contributed by atoms with E-state index in [2.05, 4.69) is 4.98 Å². The van der Waals surface area contributed by atoms with Gasteiger partial charge in [0.25, 0.3) is 0 Å². The molecule has 0 atom stereocenters. The Morgan fingerprint density at radius 1 is 0.815 bits per heavy atom. The Bertz CT molecular complexity index is 912. The number of rotatable bonds is 6. The Morgan fingerprint density at radius 3 is 1.93 bits per heavy atom. The average molecular weight is 361 g/mol. The maximum absolute atomic E-state index is 12.6. The molecular weight excluding hydrogens is 342 g/mol. The Hall–Kier alpha value is -3.60. The summed E-state index contributed by atoms with van der Waals surface area (Å²) in [6, 6.07) is 16.2. The van der Waals surface area contributed by atoms with Gasteiger partial charge < -0.3 is 14.2 Å². The normalized spacial score (nSPS) is 10.6. The molecule has 0 fully saturated rings. The zero-order valence-electron chi connectivity index (χ0n) is 15.1. The van der Waals surface area contributed by atoms with Crippen LogP contribution in [-0.2, 0) is 0 Å². The smallest absolute Gasteiger partial charge is 0.351 e. The van der Waals surface area contributed by atoms with Crippen molar-refractivity contribution in [3.63, 3.8) is 0 Å². The van der Waals surface area contributed by atoms with Gasteiger partial charge in [0.05, 0.1) is 14.2 Å². The number of esters is 1. The van der Waals surface area contributed by atoms with Gasteiger partial charge >= 0.3 is 5.97 Å². The SMILES string of the molecule is COc1cccc(OC)c1C(=O)Oc1ccc(/C=C/c2ccncc2)cc1. The largest absolute Gasteiger partial charge is 0.496 e. The van der Waals surface area contributed by atoms with Gasteiger partial charge in [0.15, 0.2) is 0 Å². The molecule has 5 nitrogen and oxygen atoms in total. The minimum Gasteiger partial charge on any atom is -0.496 e. The minimum absolute atomic E-state index is 0.254. The maximum Gasteiger partial charge on any atom is 0.351 e. The van der Waals surface area contributed by atoms with Gasteiger partial charge in [-0.3, -0.25) is 4.98 Å². The molecule has 3 rings (SSSR count). The van der Waals surface area contributed by atoms with Crippen LogP contribution in [0, 0.1) is 0 Å². The number of carbonyl (C=O) groups is 1. The lowest BCUT2D eigenvalue weighted by molar-refractivity contribution is 0.0727. The number of benzene rings is 2. The fraction of sp³-hybridized carbons (Fsp3) is 0.0909. The topological polar surface area (TPSA) is 57.7 Å². The fourth-order valence-electron chi connectivity index (χ4n) is 2.52. The van der Waals surface area contributed by atoms with Crippen LogP contribution in [0.2, 0.25) is 0 Å². The predicted molar refractivity (Wildman–Crippen MR) is 104 cm³/mol. The molecule has 0 spiro atoms. The van der Waals surface area contributed by atoms with Crippen LogP contribution in [0.3, 0.4) is 0 Å². The molecule has 0 saturated carbocycles. The molecule has 1 heterocycles. The van der Waals surface area contributed by atoms with Crippen molar-refractivity contribution in [2.45, 2.75) is 0 Å². The minimum atomic E-state index is -0.538. The highest BCUT2D eigenvalue weighted by atomic mass is 16.5. The number of pyridine rings is 1. The molecule has 0 radical (unpaired) electrons. The van der Waals surface area contributed by atoms with Crippen LogP contribution in [0.1, 0.15) is 21.5 Å². The first-order valence-electron chi connectivity index (χ1n) is 8.32. The van der Waals surface area contributed by atoms with Crippen molar-refractivity contribution in [1.29, 1.82) is 0 Å². The third-order valence-corrected chi connectivity index (χ3v) is 3.90. The second-order valence-electron chi connectivity index (χ2n) is 5.61. The maximum atomic E-state index is 12.6. The highest BCUT2D eigenvalue weighted by Gasteiger charge is 2.20. The number of carbonyl (C=O) groups excluding carboxylic acids is 1. The fourth-order valence-corrected chi connectivity index (χ4v) is 2.52. The molecule has 0 unspecified atom stereocenters. The molecule has 5 heteroatoms. The Balaban J connectivity index is 1.74. The molecule has 0 saturated heterocycles. The second kappa shape index (κ2) is 8.67. The molecule has 27 heavy (non-hydrogen) atoms. The molecule has 136 valence electrons. The van der Waals surface area contributed by atoms with Gasteiger partial charge in [-0.05, 0) is 47.5 Å². The zero-order valence-corrected chi connectivity index (χ0v) is 15.1. The number of hydrogen-bond acceptors (Lipinski definition) is 5. The van der Waals surface area contributed by atoms with E-state index in [9.17, 15) is 4.79 Å². The number of hydrogen-bond donors (Lipinski definition) is 0.